The first-order valence-corrected chi connectivity index (χ1v) is 5.73. The fraction of sp³-hybridized carbons (Fsp3) is 0.545. The second-order valence-corrected chi connectivity index (χ2v) is 4.32. The Morgan fingerprint density at radius 3 is 3.12 bits per heavy atom. The summed E-state index contributed by atoms with van der Waals surface area (Å²) in [4.78, 5) is 21.8. The van der Waals surface area contributed by atoms with Crippen molar-refractivity contribution in [2.45, 2.75) is 18.9 Å². The van der Waals surface area contributed by atoms with Gasteiger partial charge in [0.2, 0.25) is 0 Å². The van der Waals surface area contributed by atoms with E-state index in [1.165, 1.54) is 18.8 Å². The van der Waals surface area contributed by atoms with Gasteiger partial charge in [-0.15, -0.1) is 0 Å². The minimum Gasteiger partial charge on any atom is -0.382 e. The predicted octanol–water partition coefficient (Wildman–Crippen LogP) is -0.117. The van der Waals surface area contributed by atoms with Gasteiger partial charge in [-0.1, -0.05) is 0 Å². The van der Waals surface area contributed by atoms with Crippen LogP contribution in [0.3, 0.4) is 0 Å². The highest BCUT2D eigenvalue weighted by atomic mass is 16.1. The molecule has 6 nitrogen and oxygen atoms in total. The number of rotatable bonds is 3. The monoisotopic (exact) mass is 235 g/mol. The molecule has 1 aromatic rings. The molecule has 1 saturated heterocycles. The molecular weight excluding hydrogens is 218 g/mol. The minimum atomic E-state index is -0.217. The summed E-state index contributed by atoms with van der Waals surface area (Å²) in [5.41, 5.74) is 5.74. The van der Waals surface area contributed by atoms with E-state index >= 15 is 0 Å². The predicted molar refractivity (Wildman–Crippen MR) is 64.4 cm³/mol. The zero-order chi connectivity index (χ0) is 12.3. The summed E-state index contributed by atoms with van der Waals surface area (Å²) in [6, 6.07) is 0.424. The molecule has 1 unspecified atom stereocenters. The Balaban J connectivity index is 1.89. The van der Waals surface area contributed by atoms with Crippen LogP contribution in [-0.4, -0.2) is 47.0 Å². The molecule has 0 bridgehead atoms. The Bertz CT molecular complexity index is 409. The van der Waals surface area contributed by atoms with Crippen LogP contribution in [0.4, 0.5) is 5.82 Å². The number of nitrogens with zero attached hydrogens (tertiary/aromatic N) is 3. The highest BCUT2D eigenvalue weighted by molar-refractivity contribution is 5.92. The lowest BCUT2D eigenvalue weighted by atomic mass is 10.2. The number of aromatic nitrogens is 2. The number of nitrogens with two attached hydrogens (primary N) is 1. The lowest BCUT2D eigenvalue weighted by molar-refractivity contribution is 0.0938. The van der Waals surface area contributed by atoms with Crippen molar-refractivity contribution in [3.05, 3.63) is 18.1 Å². The zero-order valence-electron chi connectivity index (χ0n) is 9.89. The summed E-state index contributed by atoms with van der Waals surface area (Å²) in [6.45, 7) is 1.74. The number of hydrogen-bond acceptors (Lipinski definition) is 5. The van der Waals surface area contributed by atoms with E-state index in [2.05, 4.69) is 27.2 Å². The van der Waals surface area contributed by atoms with Crippen LogP contribution in [0, 0.1) is 0 Å². The summed E-state index contributed by atoms with van der Waals surface area (Å²) >= 11 is 0. The minimum absolute atomic E-state index is 0.217. The number of likely N-dealkylation sites (tertiary alicyclic amines) is 1. The average Bonchev–Trinajstić information content (AvgIpc) is 2.72. The summed E-state index contributed by atoms with van der Waals surface area (Å²) in [5.74, 6) is 0.0423. The van der Waals surface area contributed by atoms with Gasteiger partial charge in [-0.05, 0) is 26.4 Å². The maximum Gasteiger partial charge on any atom is 0.271 e. The molecule has 17 heavy (non-hydrogen) atoms. The number of likely N-dealkylation sites (N-methyl/N-ethyl adjacent to an activating group) is 1. The average molecular weight is 235 g/mol. The molecule has 1 amide bonds. The van der Waals surface area contributed by atoms with Crippen molar-refractivity contribution in [2.24, 2.45) is 0 Å². The van der Waals surface area contributed by atoms with Crippen LogP contribution < -0.4 is 11.1 Å². The molecule has 0 spiro atoms. The van der Waals surface area contributed by atoms with Crippen LogP contribution in [0.2, 0.25) is 0 Å². The highest BCUT2D eigenvalue weighted by Gasteiger charge is 2.21. The van der Waals surface area contributed by atoms with Crippen LogP contribution in [0.15, 0.2) is 12.4 Å². The molecule has 2 heterocycles. The van der Waals surface area contributed by atoms with Gasteiger partial charge in [0.15, 0.2) is 0 Å². The van der Waals surface area contributed by atoms with Gasteiger partial charge < -0.3 is 16.0 Å². The molecule has 3 N–H and O–H groups in total. The van der Waals surface area contributed by atoms with Gasteiger partial charge in [0.05, 0.1) is 12.4 Å². The number of anilines is 1. The van der Waals surface area contributed by atoms with Crippen molar-refractivity contribution < 1.29 is 4.79 Å². The first-order valence-electron chi connectivity index (χ1n) is 5.73. The van der Waals surface area contributed by atoms with Crippen molar-refractivity contribution >= 4 is 11.7 Å². The standard InChI is InChI=1S/C11H17N5O/c1-16-4-2-3-8(16)5-14-11(17)9-6-13-7-10(12)15-9/h6-8H,2-5H2,1H3,(H2,12,15)(H,14,17). The first kappa shape index (κ1) is 11.8. The van der Waals surface area contributed by atoms with E-state index in [0.29, 0.717) is 12.6 Å². The number of nitrogen functional groups attached to an aromatic ring is 1. The van der Waals surface area contributed by atoms with Crippen molar-refractivity contribution in [1.29, 1.82) is 0 Å². The van der Waals surface area contributed by atoms with Gasteiger partial charge >= 0.3 is 0 Å². The molecule has 0 aliphatic carbocycles. The van der Waals surface area contributed by atoms with Crippen LogP contribution in [0.1, 0.15) is 23.3 Å². The molecule has 2 rings (SSSR count). The first-order chi connectivity index (χ1) is 8.16. The summed E-state index contributed by atoms with van der Waals surface area (Å²) in [7, 11) is 2.07. The molecule has 1 aliphatic rings. The number of carbonyl (C=O) groups is 1. The fourth-order valence-corrected chi connectivity index (χ4v) is 2.03. The zero-order valence-corrected chi connectivity index (χ0v) is 9.89. The van der Waals surface area contributed by atoms with E-state index < -0.39 is 0 Å². The van der Waals surface area contributed by atoms with Crippen molar-refractivity contribution in [3.63, 3.8) is 0 Å². The Labute approximate surface area is 100 Å². The molecule has 0 saturated carbocycles. The van der Waals surface area contributed by atoms with E-state index in [-0.39, 0.29) is 17.4 Å². The number of carbonyl (C=O) groups excluding carboxylic acids is 1. The second kappa shape index (κ2) is 5.09. The third-order valence-corrected chi connectivity index (χ3v) is 3.06. The molecule has 6 heteroatoms. The van der Waals surface area contributed by atoms with Gasteiger partial charge in [-0.25, -0.2) is 4.98 Å². The van der Waals surface area contributed by atoms with Crippen LogP contribution >= 0.6 is 0 Å². The normalized spacial score (nSPS) is 20.4. The molecule has 1 aliphatic heterocycles. The Kier molecular flexibility index (Phi) is 3.53. The van der Waals surface area contributed by atoms with E-state index in [0.717, 1.165) is 13.0 Å². The SMILES string of the molecule is CN1CCCC1CNC(=O)c1cncc(N)n1. The van der Waals surface area contributed by atoms with Gasteiger partial charge in [0, 0.05) is 12.6 Å². The quantitative estimate of drug-likeness (QED) is 0.763. The Morgan fingerprint density at radius 1 is 1.65 bits per heavy atom. The third-order valence-electron chi connectivity index (χ3n) is 3.06. The summed E-state index contributed by atoms with van der Waals surface area (Å²) in [5, 5.41) is 2.86. The van der Waals surface area contributed by atoms with Crippen molar-refractivity contribution in [2.75, 3.05) is 25.9 Å². The Hall–Kier alpha value is -1.69. The van der Waals surface area contributed by atoms with Crippen LogP contribution in [-0.2, 0) is 0 Å². The van der Waals surface area contributed by atoms with Gasteiger partial charge in [0.1, 0.15) is 11.5 Å². The smallest absolute Gasteiger partial charge is 0.271 e. The Morgan fingerprint density at radius 2 is 2.47 bits per heavy atom. The van der Waals surface area contributed by atoms with Crippen LogP contribution in [0.5, 0.6) is 0 Å². The molecule has 1 fully saturated rings. The third kappa shape index (κ3) is 2.91. The number of amides is 1. The topological polar surface area (TPSA) is 84.1 Å². The summed E-state index contributed by atoms with van der Waals surface area (Å²) < 4.78 is 0. The van der Waals surface area contributed by atoms with Crippen molar-refractivity contribution in [3.8, 4) is 0 Å². The number of nitrogens with one attached hydrogen (secondary N) is 1. The molecule has 92 valence electrons. The molecular formula is C11H17N5O. The maximum absolute atomic E-state index is 11.8. The molecule has 1 aromatic heterocycles. The summed E-state index contributed by atoms with van der Waals surface area (Å²) in [6.07, 6.45) is 5.15. The van der Waals surface area contributed by atoms with Gasteiger partial charge in [-0.3, -0.25) is 9.78 Å². The van der Waals surface area contributed by atoms with Crippen LogP contribution in [0.25, 0.3) is 0 Å². The van der Waals surface area contributed by atoms with E-state index in [9.17, 15) is 4.79 Å². The lowest BCUT2D eigenvalue weighted by Gasteiger charge is -2.19. The van der Waals surface area contributed by atoms with E-state index in [1.54, 1.807) is 0 Å². The van der Waals surface area contributed by atoms with Crippen molar-refractivity contribution in [1.82, 2.24) is 20.2 Å². The van der Waals surface area contributed by atoms with Gasteiger partial charge in [0.25, 0.3) is 5.91 Å². The van der Waals surface area contributed by atoms with Gasteiger partial charge in [-0.2, -0.15) is 0 Å². The lowest BCUT2D eigenvalue weighted by Crippen LogP contribution is -2.38. The largest absolute Gasteiger partial charge is 0.382 e. The maximum atomic E-state index is 11.8. The fourth-order valence-electron chi connectivity index (χ4n) is 2.03. The van der Waals surface area contributed by atoms with E-state index in [4.69, 9.17) is 5.73 Å². The second-order valence-electron chi connectivity index (χ2n) is 4.32. The molecule has 0 aromatic carbocycles. The van der Waals surface area contributed by atoms with E-state index in [1.807, 2.05) is 0 Å². The highest BCUT2D eigenvalue weighted by Crippen LogP contribution is 2.13. The number of hydrogen-bond donors (Lipinski definition) is 2. The molecule has 0 radical (unpaired) electrons. The molecule has 1 atom stereocenters.